The van der Waals surface area contributed by atoms with E-state index in [4.69, 9.17) is 0 Å². The van der Waals surface area contributed by atoms with Gasteiger partial charge in [-0.15, -0.1) is 0 Å². The minimum Gasteiger partial charge on any atom is -0.337 e. The lowest BCUT2D eigenvalue weighted by Crippen LogP contribution is -2.24. The van der Waals surface area contributed by atoms with Gasteiger partial charge in [0.05, 0.1) is 6.04 Å². The highest BCUT2D eigenvalue weighted by Gasteiger charge is 2.09. The summed E-state index contributed by atoms with van der Waals surface area (Å²) in [5.41, 5.74) is 0.747. The Morgan fingerprint density at radius 2 is 2.17 bits per heavy atom. The van der Waals surface area contributed by atoms with Gasteiger partial charge in [-0.25, -0.2) is 9.37 Å². The van der Waals surface area contributed by atoms with Crippen LogP contribution in [0.5, 0.6) is 0 Å². The molecule has 0 bridgehead atoms. The Morgan fingerprint density at radius 1 is 1.39 bits per heavy atom. The Labute approximate surface area is 107 Å². The third kappa shape index (κ3) is 2.96. The van der Waals surface area contributed by atoms with Crippen molar-refractivity contribution >= 4 is 0 Å². The second-order valence-electron chi connectivity index (χ2n) is 4.41. The molecule has 0 aliphatic rings. The summed E-state index contributed by atoms with van der Waals surface area (Å²) in [5.74, 6) is 0.854. The van der Waals surface area contributed by atoms with Crippen LogP contribution in [0.3, 0.4) is 0 Å². The maximum absolute atomic E-state index is 13.4. The number of nitrogens with one attached hydrogen (secondary N) is 1. The van der Waals surface area contributed by atoms with E-state index in [9.17, 15) is 4.39 Å². The summed E-state index contributed by atoms with van der Waals surface area (Å²) >= 11 is 0. The zero-order chi connectivity index (χ0) is 13.0. The van der Waals surface area contributed by atoms with Crippen molar-refractivity contribution in [3.63, 3.8) is 0 Å². The topological polar surface area (TPSA) is 29.9 Å². The van der Waals surface area contributed by atoms with Crippen LogP contribution in [0, 0.1) is 5.82 Å². The molecule has 0 aliphatic heterocycles. The van der Waals surface area contributed by atoms with E-state index in [-0.39, 0.29) is 11.9 Å². The molecule has 1 aromatic heterocycles. The molecule has 0 radical (unpaired) electrons. The van der Waals surface area contributed by atoms with Crippen molar-refractivity contribution in [2.45, 2.75) is 19.4 Å². The molecule has 2 rings (SSSR count). The van der Waals surface area contributed by atoms with Gasteiger partial charge in [-0.2, -0.15) is 0 Å². The number of aryl methyl sites for hydroxylation is 1. The molecule has 1 atom stereocenters. The van der Waals surface area contributed by atoms with Crippen LogP contribution in [0.15, 0.2) is 36.7 Å². The Kier molecular flexibility index (Phi) is 4.10. The lowest BCUT2D eigenvalue weighted by Gasteiger charge is -2.13. The van der Waals surface area contributed by atoms with Crippen LogP contribution in [0.4, 0.5) is 4.39 Å². The first-order valence-corrected chi connectivity index (χ1v) is 6.12. The first kappa shape index (κ1) is 12.8. The largest absolute Gasteiger partial charge is 0.337 e. The number of nitrogens with zero attached hydrogens (tertiary/aromatic N) is 2. The van der Waals surface area contributed by atoms with Crippen molar-refractivity contribution in [1.29, 1.82) is 0 Å². The van der Waals surface area contributed by atoms with E-state index in [1.807, 2.05) is 29.9 Å². The quantitative estimate of drug-likeness (QED) is 0.879. The molecule has 0 aliphatic carbocycles. The van der Waals surface area contributed by atoms with Crippen molar-refractivity contribution in [2.75, 3.05) is 6.54 Å². The Balaban J connectivity index is 1.86. The number of halogens is 1. The minimum atomic E-state index is -0.135. The number of hydrogen-bond acceptors (Lipinski definition) is 2. The zero-order valence-electron chi connectivity index (χ0n) is 10.7. The van der Waals surface area contributed by atoms with Crippen LogP contribution in [-0.2, 0) is 13.5 Å². The Morgan fingerprint density at radius 3 is 2.83 bits per heavy atom. The first-order valence-electron chi connectivity index (χ1n) is 6.12. The molecule has 1 unspecified atom stereocenters. The van der Waals surface area contributed by atoms with E-state index in [1.165, 1.54) is 6.07 Å². The van der Waals surface area contributed by atoms with Crippen molar-refractivity contribution in [1.82, 2.24) is 14.9 Å². The fourth-order valence-corrected chi connectivity index (χ4v) is 2.01. The molecular weight excluding hydrogens is 229 g/mol. The first-order chi connectivity index (χ1) is 8.68. The minimum absolute atomic E-state index is 0.135. The summed E-state index contributed by atoms with van der Waals surface area (Å²) in [6.45, 7) is 2.79. The van der Waals surface area contributed by atoms with Gasteiger partial charge in [-0.3, -0.25) is 0 Å². The molecule has 1 aromatic carbocycles. The van der Waals surface area contributed by atoms with Gasteiger partial charge < -0.3 is 9.88 Å². The van der Waals surface area contributed by atoms with Gasteiger partial charge in [0, 0.05) is 19.4 Å². The molecule has 18 heavy (non-hydrogen) atoms. The van der Waals surface area contributed by atoms with E-state index in [1.54, 1.807) is 12.3 Å². The second kappa shape index (κ2) is 5.78. The van der Waals surface area contributed by atoms with E-state index in [0.717, 1.165) is 17.9 Å². The third-order valence-electron chi connectivity index (χ3n) is 3.05. The Bertz CT molecular complexity index is 507. The SMILES string of the molecule is CC(NCCc1ccccc1F)c1nccn1C. The van der Waals surface area contributed by atoms with Crippen molar-refractivity contribution in [3.05, 3.63) is 53.9 Å². The van der Waals surface area contributed by atoms with E-state index in [0.29, 0.717) is 6.42 Å². The van der Waals surface area contributed by atoms with Crippen LogP contribution in [0.25, 0.3) is 0 Å². The predicted octanol–water partition coefficient (Wildman–Crippen LogP) is 2.45. The van der Waals surface area contributed by atoms with Gasteiger partial charge in [0.25, 0.3) is 0 Å². The normalized spacial score (nSPS) is 12.6. The molecule has 4 heteroatoms. The number of aromatic nitrogens is 2. The summed E-state index contributed by atoms with van der Waals surface area (Å²) in [6.07, 6.45) is 4.39. The molecular formula is C14H18FN3. The molecule has 96 valence electrons. The van der Waals surface area contributed by atoms with E-state index >= 15 is 0 Å². The number of rotatable bonds is 5. The van der Waals surface area contributed by atoms with Crippen LogP contribution in [-0.4, -0.2) is 16.1 Å². The smallest absolute Gasteiger partial charge is 0.126 e. The van der Waals surface area contributed by atoms with E-state index in [2.05, 4.69) is 17.2 Å². The maximum atomic E-state index is 13.4. The second-order valence-corrected chi connectivity index (χ2v) is 4.41. The molecule has 0 saturated heterocycles. The van der Waals surface area contributed by atoms with Crippen LogP contribution >= 0.6 is 0 Å². The summed E-state index contributed by atoms with van der Waals surface area (Å²) in [7, 11) is 1.97. The van der Waals surface area contributed by atoms with Crippen molar-refractivity contribution in [2.24, 2.45) is 7.05 Å². The lowest BCUT2D eigenvalue weighted by atomic mass is 10.1. The van der Waals surface area contributed by atoms with Gasteiger partial charge in [-0.05, 0) is 31.5 Å². The average molecular weight is 247 g/mol. The summed E-state index contributed by atoms with van der Waals surface area (Å²) in [5, 5.41) is 3.35. The van der Waals surface area contributed by atoms with Gasteiger partial charge in [0.15, 0.2) is 0 Å². The fraction of sp³-hybridized carbons (Fsp3) is 0.357. The molecule has 1 N–H and O–H groups in total. The van der Waals surface area contributed by atoms with Gasteiger partial charge in [0.2, 0.25) is 0 Å². The molecule has 3 nitrogen and oxygen atoms in total. The summed E-state index contributed by atoms with van der Waals surface area (Å²) in [6, 6.07) is 7.06. The van der Waals surface area contributed by atoms with Gasteiger partial charge in [-0.1, -0.05) is 18.2 Å². The summed E-state index contributed by atoms with van der Waals surface area (Å²) in [4.78, 5) is 4.29. The molecule has 1 heterocycles. The fourth-order valence-electron chi connectivity index (χ4n) is 2.01. The molecule has 0 saturated carbocycles. The zero-order valence-corrected chi connectivity index (χ0v) is 10.7. The molecule has 0 fully saturated rings. The monoisotopic (exact) mass is 247 g/mol. The van der Waals surface area contributed by atoms with Gasteiger partial charge in [0.1, 0.15) is 11.6 Å². The Hall–Kier alpha value is -1.68. The molecule has 0 amide bonds. The molecule has 2 aromatic rings. The number of hydrogen-bond donors (Lipinski definition) is 1. The highest BCUT2D eigenvalue weighted by Crippen LogP contribution is 2.10. The maximum Gasteiger partial charge on any atom is 0.126 e. The highest BCUT2D eigenvalue weighted by atomic mass is 19.1. The third-order valence-corrected chi connectivity index (χ3v) is 3.05. The average Bonchev–Trinajstić information content (AvgIpc) is 2.78. The van der Waals surface area contributed by atoms with E-state index < -0.39 is 0 Å². The van der Waals surface area contributed by atoms with Crippen LogP contribution < -0.4 is 5.32 Å². The number of imidazole rings is 1. The van der Waals surface area contributed by atoms with Crippen LogP contribution in [0.1, 0.15) is 24.4 Å². The standard InChI is InChI=1S/C14H18FN3/c1-11(14-17-9-10-18(14)2)16-8-7-12-5-3-4-6-13(12)15/h3-6,9-11,16H,7-8H2,1-2H3. The highest BCUT2D eigenvalue weighted by molar-refractivity contribution is 5.17. The van der Waals surface area contributed by atoms with Gasteiger partial charge >= 0.3 is 0 Å². The lowest BCUT2D eigenvalue weighted by molar-refractivity contribution is 0.526. The van der Waals surface area contributed by atoms with Crippen molar-refractivity contribution < 1.29 is 4.39 Å². The number of benzene rings is 1. The predicted molar refractivity (Wildman–Crippen MR) is 69.7 cm³/mol. The molecule has 0 spiro atoms. The van der Waals surface area contributed by atoms with Crippen LogP contribution in [0.2, 0.25) is 0 Å². The van der Waals surface area contributed by atoms with Crippen molar-refractivity contribution in [3.8, 4) is 0 Å². The summed E-state index contributed by atoms with van der Waals surface area (Å²) < 4.78 is 15.4.